The first-order valence-electron chi connectivity index (χ1n) is 5.55. The quantitative estimate of drug-likeness (QED) is 0.486. The Bertz CT molecular complexity index is 148. The number of carbonyl (C=O) groups excluding carboxylic acids is 1. The summed E-state index contributed by atoms with van der Waals surface area (Å²) in [6.45, 7) is 12.5. The van der Waals surface area contributed by atoms with Crippen molar-refractivity contribution in [2.24, 2.45) is 0 Å². The first kappa shape index (κ1) is 16.8. The van der Waals surface area contributed by atoms with Gasteiger partial charge >= 0.3 is 0 Å². The third kappa shape index (κ3) is 8.39. The van der Waals surface area contributed by atoms with Crippen molar-refractivity contribution in [2.45, 2.75) is 34.1 Å². The maximum Gasteiger partial charge on any atom is 0.182 e. The Morgan fingerprint density at radius 3 is 1.53 bits per heavy atom. The van der Waals surface area contributed by atoms with Gasteiger partial charge in [-0.05, 0) is 27.2 Å². The molecule has 4 nitrogen and oxygen atoms in total. The van der Waals surface area contributed by atoms with Gasteiger partial charge in [0.05, 0.1) is 19.6 Å². The minimum atomic E-state index is -0.995. The van der Waals surface area contributed by atoms with Gasteiger partial charge in [-0.3, -0.25) is 0 Å². The van der Waals surface area contributed by atoms with Gasteiger partial charge in [0.15, 0.2) is 6.73 Å². The lowest BCUT2D eigenvalue weighted by molar-refractivity contribution is -0.940. The Labute approximate surface area is 93.4 Å². The van der Waals surface area contributed by atoms with Crippen LogP contribution in [-0.2, 0) is 9.53 Å². The van der Waals surface area contributed by atoms with Gasteiger partial charge in [-0.2, -0.15) is 0 Å². The summed E-state index contributed by atoms with van der Waals surface area (Å²) in [6, 6.07) is 0. The van der Waals surface area contributed by atoms with Gasteiger partial charge in [0, 0.05) is 13.1 Å². The second-order valence-electron chi connectivity index (χ2n) is 3.43. The van der Waals surface area contributed by atoms with Crippen LogP contribution in [0.3, 0.4) is 0 Å². The first-order chi connectivity index (χ1) is 7.01. The molecule has 0 radical (unpaired) electrons. The van der Waals surface area contributed by atoms with Crippen LogP contribution in [0.2, 0.25) is 0 Å². The number of ether oxygens (including phenoxy) is 1. The lowest BCUT2D eigenvalue weighted by Gasteiger charge is -2.34. The Hall–Kier alpha value is -0.610. The van der Waals surface area contributed by atoms with Crippen molar-refractivity contribution in [1.82, 2.24) is 0 Å². The van der Waals surface area contributed by atoms with E-state index in [1.165, 1.54) is 26.6 Å². The van der Waals surface area contributed by atoms with Crippen LogP contribution in [0.1, 0.15) is 34.1 Å². The van der Waals surface area contributed by atoms with Crippen LogP contribution in [0.15, 0.2) is 0 Å². The highest BCUT2D eigenvalue weighted by Gasteiger charge is 2.19. The lowest BCUT2D eigenvalue weighted by Crippen LogP contribution is -2.48. The van der Waals surface area contributed by atoms with Crippen LogP contribution in [0.25, 0.3) is 0 Å². The van der Waals surface area contributed by atoms with Gasteiger partial charge in [-0.1, -0.05) is 6.92 Å². The van der Waals surface area contributed by atoms with Crippen LogP contribution >= 0.6 is 0 Å². The van der Waals surface area contributed by atoms with Gasteiger partial charge in [0.2, 0.25) is 0 Å². The highest BCUT2D eigenvalue weighted by atomic mass is 16.5. The summed E-state index contributed by atoms with van der Waals surface area (Å²) in [6.07, 6.45) is 0.111. The molecule has 0 aromatic heterocycles. The summed E-state index contributed by atoms with van der Waals surface area (Å²) in [5.41, 5.74) is 0. The summed E-state index contributed by atoms with van der Waals surface area (Å²) in [4.78, 5) is 9.26. The molecule has 0 aliphatic heterocycles. The predicted molar refractivity (Wildman–Crippen MR) is 59.1 cm³/mol. The molecule has 0 N–H and O–H groups in total. The highest BCUT2D eigenvalue weighted by Crippen LogP contribution is 2.04. The number of carbonyl (C=O) groups is 1. The van der Waals surface area contributed by atoms with Crippen LogP contribution in [-0.4, -0.2) is 43.9 Å². The molecule has 0 fully saturated rings. The maximum absolute atomic E-state index is 9.26. The van der Waals surface area contributed by atoms with Crippen molar-refractivity contribution in [3.05, 3.63) is 0 Å². The number of carboxylic acids is 1. The van der Waals surface area contributed by atoms with E-state index in [1.54, 1.807) is 7.11 Å². The average Bonchev–Trinajstić information content (AvgIpc) is 2.27. The maximum atomic E-state index is 9.26. The second-order valence-corrected chi connectivity index (χ2v) is 3.43. The Kier molecular flexibility index (Phi) is 11.1. The number of carboxylic acid groups (broad SMARTS) is 1. The van der Waals surface area contributed by atoms with E-state index in [0.717, 1.165) is 11.2 Å². The Balaban J connectivity index is 0. The third-order valence-electron chi connectivity index (χ3n) is 2.70. The number of quaternary nitrogens is 1. The van der Waals surface area contributed by atoms with E-state index in [4.69, 9.17) is 4.74 Å². The van der Waals surface area contributed by atoms with Crippen LogP contribution in [0, 0.1) is 0 Å². The number of nitrogens with zero attached hydrogens (tertiary/aromatic N) is 1. The van der Waals surface area contributed by atoms with E-state index in [1.807, 2.05) is 0 Å². The van der Waals surface area contributed by atoms with E-state index in [9.17, 15) is 9.90 Å². The fourth-order valence-corrected chi connectivity index (χ4v) is 1.22. The Morgan fingerprint density at radius 1 is 1.13 bits per heavy atom. The third-order valence-corrected chi connectivity index (χ3v) is 2.70. The predicted octanol–water partition coefficient (Wildman–Crippen LogP) is 0.613. The molecule has 15 heavy (non-hydrogen) atoms. The summed E-state index contributed by atoms with van der Waals surface area (Å²) in [5, 5.41) is 9.26. The molecule has 0 amide bonds. The molecule has 0 spiro atoms. The van der Waals surface area contributed by atoms with Crippen molar-refractivity contribution in [3.8, 4) is 0 Å². The van der Waals surface area contributed by atoms with Gasteiger partial charge in [-0.15, -0.1) is 0 Å². The van der Waals surface area contributed by atoms with Crippen molar-refractivity contribution >= 4 is 5.97 Å². The molecule has 0 unspecified atom stereocenters. The Morgan fingerprint density at radius 2 is 1.47 bits per heavy atom. The van der Waals surface area contributed by atoms with Crippen molar-refractivity contribution in [3.63, 3.8) is 0 Å². The molecule has 0 aromatic carbocycles. The van der Waals surface area contributed by atoms with Crippen molar-refractivity contribution < 1.29 is 19.1 Å². The smallest absolute Gasteiger partial charge is 0.182 e. The lowest BCUT2D eigenvalue weighted by atomic mass is 10.4. The molecule has 92 valence electrons. The molecule has 0 rings (SSSR count). The fraction of sp³-hybridized carbons (Fsp3) is 0.909. The van der Waals surface area contributed by atoms with Crippen molar-refractivity contribution in [1.29, 1.82) is 0 Å². The van der Waals surface area contributed by atoms with E-state index in [-0.39, 0.29) is 6.42 Å². The van der Waals surface area contributed by atoms with E-state index in [0.29, 0.717) is 0 Å². The SMILES string of the molecule is CCC(=O)[O-].CC[N+](CC)(CC)COC. The summed E-state index contributed by atoms with van der Waals surface area (Å²) < 4.78 is 6.23. The van der Waals surface area contributed by atoms with Gasteiger partial charge in [-0.25, -0.2) is 0 Å². The van der Waals surface area contributed by atoms with Gasteiger partial charge in [0.25, 0.3) is 0 Å². The monoisotopic (exact) mass is 219 g/mol. The molecule has 0 saturated carbocycles. The standard InChI is InChI=1S/C8H20NO.C3H6O2/c1-5-9(6-2,7-3)8-10-4;1-2-3(4)5/h5-8H2,1-4H3;2H2,1H3,(H,4,5)/q+1;/p-1. The van der Waals surface area contributed by atoms with E-state index < -0.39 is 5.97 Å². The minimum absolute atomic E-state index is 0.111. The first-order valence-corrected chi connectivity index (χ1v) is 5.55. The normalized spacial score (nSPS) is 10.5. The molecule has 0 aromatic rings. The molecule has 0 aliphatic rings. The number of aliphatic carboxylic acids is 1. The van der Waals surface area contributed by atoms with E-state index >= 15 is 0 Å². The molecular formula is C11H25NO3. The molecule has 0 heterocycles. The molecule has 0 saturated heterocycles. The van der Waals surface area contributed by atoms with E-state index in [2.05, 4.69) is 20.8 Å². The minimum Gasteiger partial charge on any atom is -0.550 e. The summed E-state index contributed by atoms with van der Waals surface area (Å²) in [7, 11) is 1.77. The van der Waals surface area contributed by atoms with Crippen molar-refractivity contribution in [2.75, 3.05) is 33.5 Å². The van der Waals surface area contributed by atoms with Crippen LogP contribution in [0.4, 0.5) is 0 Å². The van der Waals surface area contributed by atoms with Gasteiger partial charge in [0.1, 0.15) is 0 Å². The summed E-state index contributed by atoms with van der Waals surface area (Å²) >= 11 is 0. The largest absolute Gasteiger partial charge is 0.550 e. The fourth-order valence-electron chi connectivity index (χ4n) is 1.22. The molecule has 0 aliphatic carbocycles. The number of rotatable bonds is 6. The highest BCUT2D eigenvalue weighted by molar-refractivity contribution is 5.63. The van der Waals surface area contributed by atoms with Crippen LogP contribution in [0.5, 0.6) is 0 Å². The molecular weight excluding hydrogens is 194 g/mol. The number of hydrogen-bond acceptors (Lipinski definition) is 3. The molecule has 4 heteroatoms. The zero-order valence-electron chi connectivity index (χ0n) is 10.7. The zero-order chi connectivity index (χ0) is 12.3. The zero-order valence-corrected chi connectivity index (χ0v) is 10.7. The number of hydrogen-bond donors (Lipinski definition) is 0. The molecule has 0 atom stereocenters. The van der Waals surface area contributed by atoms with Gasteiger partial charge < -0.3 is 19.1 Å². The molecule has 0 bridgehead atoms. The summed E-state index contributed by atoms with van der Waals surface area (Å²) in [5.74, 6) is -0.995. The topological polar surface area (TPSA) is 49.4 Å². The van der Waals surface area contributed by atoms with Crippen LogP contribution < -0.4 is 5.11 Å². The number of methoxy groups -OCH3 is 1. The second kappa shape index (κ2) is 9.93. The average molecular weight is 219 g/mol.